The van der Waals surface area contributed by atoms with Crippen molar-refractivity contribution in [1.29, 1.82) is 0 Å². The van der Waals surface area contributed by atoms with Crippen molar-refractivity contribution in [3.63, 3.8) is 0 Å². The molecule has 24 heavy (non-hydrogen) atoms. The van der Waals surface area contributed by atoms with Gasteiger partial charge in [0.05, 0.1) is 0 Å². The highest BCUT2D eigenvalue weighted by Gasteiger charge is 2.80. The lowest BCUT2D eigenvalue weighted by molar-refractivity contribution is 0.822. The highest BCUT2D eigenvalue weighted by Crippen LogP contribution is 2.60. The minimum absolute atomic E-state index is 0.928. The van der Waals surface area contributed by atoms with Crippen molar-refractivity contribution in [3.05, 3.63) is 0 Å². The molecule has 0 aromatic rings. The third-order valence-electron chi connectivity index (χ3n) is 8.70. The Morgan fingerprint density at radius 2 is 0.625 bits per heavy atom. The normalized spacial score (nSPS) is 23.0. The van der Waals surface area contributed by atoms with Crippen LogP contribution in [0.2, 0.25) is 50.4 Å². The van der Waals surface area contributed by atoms with E-state index >= 15 is 0 Å². The first kappa shape index (κ1) is 22.9. The fourth-order valence-electron chi connectivity index (χ4n) is 6.70. The van der Waals surface area contributed by atoms with E-state index in [9.17, 15) is 0 Å². The number of rotatable bonds is 12. The van der Waals surface area contributed by atoms with Crippen LogP contribution in [0.5, 0.6) is 0 Å². The number of hydrogen-bond donors (Lipinski definition) is 0. The van der Waals surface area contributed by atoms with Crippen LogP contribution in [-0.2, 0) is 0 Å². The Balaban J connectivity index is 3.36. The summed E-state index contributed by atoms with van der Waals surface area (Å²) >= 11 is 0. The molecule has 0 bridgehead atoms. The van der Waals surface area contributed by atoms with Crippen molar-refractivity contribution >= 4 is 28.4 Å². The largest absolute Gasteiger partial charge is 0.0735 e. The van der Waals surface area contributed by atoms with Crippen molar-refractivity contribution in [3.8, 4) is 0 Å². The lowest BCUT2D eigenvalue weighted by Gasteiger charge is -2.77. The number of unbranched alkanes of at least 4 members (excludes halogenated alkanes) is 4. The van der Waals surface area contributed by atoms with E-state index in [1.165, 1.54) is 25.7 Å². The zero-order valence-electron chi connectivity index (χ0n) is 18.5. The van der Waals surface area contributed by atoms with Crippen LogP contribution in [0, 0.1) is 0 Å². The first-order valence-electron chi connectivity index (χ1n) is 11.2. The van der Waals surface area contributed by atoms with Gasteiger partial charge in [-0.2, -0.15) is 0 Å². The molecule has 0 aromatic carbocycles. The molecular weight excluding hydrogens is 353 g/mol. The van der Waals surface area contributed by atoms with E-state index in [4.69, 9.17) is 0 Å². The third-order valence-corrected chi connectivity index (χ3v) is 107. The minimum Gasteiger partial charge on any atom is -0.0735 e. The van der Waals surface area contributed by atoms with Gasteiger partial charge in [0.15, 0.2) is 0 Å². The molecule has 0 atom stereocenters. The van der Waals surface area contributed by atoms with Gasteiger partial charge in [0, 0.05) is 28.4 Å². The lowest BCUT2D eigenvalue weighted by atomic mass is 10.4. The highest BCUT2D eigenvalue weighted by molar-refractivity contribution is 8.13. The predicted octanol–water partition coefficient (Wildman–Crippen LogP) is 7.83. The molecule has 1 rings (SSSR count). The molecule has 0 radical (unpaired) electrons. The van der Waals surface area contributed by atoms with Crippen LogP contribution in [0.25, 0.3) is 0 Å². The summed E-state index contributed by atoms with van der Waals surface area (Å²) in [4.78, 5) is 0. The second kappa shape index (κ2) is 9.18. The molecule has 0 amide bonds. The van der Waals surface area contributed by atoms with Crippen LogP contribution in [-0.4, -0.2) is 28.4 Å². The molecule has 1 saturated heterocycles. The van der Waals surface area contributed by atoms with Crippen molar-refractivity contribution in [2.75, 3.05) is 0 Å². The van der Waals surface area contributed by atoms with Gasteiger partial charge in [0.25, 0.3) is 0 Å². The second-order valence-electron chi connectivity index (χ2n) is 9.83. The summed E-state index contributed by atoms with van der Waals surface area (Å²) in [6.45, 7) is 21.4. The smallest absolute Gasteiger partial charge is 0.0372 e. The van der Waals surface area contributed by atoms with E-state index in [1.54, 1.807) is 49.9 Å². The van der Waals surface area contributed by atoms with Crippen LogP contribution in [0.4, 0.5) is 0 Å². The van der Waals surface area contributed by atoms with Gasteiger partial charge in [-0.3, -0.25) is 0 Å². The van der Waals surface area contributed by atoms with Crippen molar-refractivity contribution in [1.82, 2.24) is 0 Å². The Hall–Kier alpha value is 0.868. The maximum Gasteiger partial charge on any atom is 0.0372 e. The lowest BCUT2D eigenvalue weighted by Crippen LogP contribution is -3.03. The summed E-state index contributed by atoms with van der Waals surface area (Å²) in [6.07, 6.45) is 12.1. The fourth-order valence-corrected chi connectivity index (χ4v) is 152. The zero-order chi connectivity index (χ0) is 18.5. The maximum atomic E-state index is 2.92. The average molecular weight is 401 g/mol. The summed E-state index contributed by atoms with van der Waals surface area (Å²) in [5.74, 6) is 0. The van der Waals surface area contributed by atoms with E-state index < -0.39 is 28.4 Å². The van der Waals surface area contributed by atoms with Crippen LogP contribution in [0.1, 0.15) is 79.1 Å². The topological polar surface area (TPSA) is 0 Å². The molecule has 4 heteroatoms. The van der Waals surface area contributed by atoms with Crippen LogP contribution in [0.3, 0.4) is 0 Å². The summed E-state index contributed by atoms with van der Waals surface area (Å²) in [5.41, 5.74) is 0. The molecular formula is C20H48Si4. The molecule has 144 valence electrons. The third kappa shape index (κ3) is 3.38. The molecule has 0 nitrogen and oxygen atoms in total. The van der Waals surface area contributed by atoms with Crippen molar-refractivity contribution < 1.29 is 0 Å². The summed E-state index contributed by atoms with van der Waals surface area (Å²) in [6, 6.07) is 7.05. The van der Waals surface area contributed by atoms with Gasteiger partial charge in [-0.25, -0.2) is 0 Å². The molecule has 0 N–H and O–H groups in total. The van der Waals surface area contributed by atoms with Crippen LogP contribution in [0.15, 0.2) is 0 Å². The van der Waals surface area contributed by atoms with Gasteiger partial charge >= 0.3 is 0 Å². The first-order chi connectivity index (χ1) is 11.2. The Kier molecular flexibility index (Phi) is 8.76. The van der Waals surface area contributed by atoms with Crippen LogP contribution >= 0.6 is 0 Å². The SMILES string of the molecule is CCCC[Si]1(CCCC)[Si](C)(C)[Si](C)(C)[Si]1(CCCC)CCCC. The summed E-state index contributed by atoms with van der Waals surface area (Å²) < 4.78 is 0. The molecule has 1 aliphatic rings. The summed E-state index contributed by atoms with van der Waals surface area (Å²) in [7, 11) is -3.78. The minimum atomic E-state index is -0.962. The van der Waals surface area contributed by atoms with Gasteiger partial charge in [0.1, 0.15) is 0 Å². The van der Waals surface area contributed by atoms with Crippen LogP contribution < -0.4 is 0 Å². The van der Waals surface area contributed by atoms with Gasteiger partial charge < -0.3 is 0 Å². The molecule has 0 saturated carbocycles. The number of hydrogen-bond acceptors (Lipinski definition) is 0. The Bertz CT molecular complexity index is 324. The highest BCUT2D eigenvalue weighted by atomic mass is 30.2. The van der Waals surface area contributed by atoms with Gasteiger partial charge in [-0.15, -0.1) is 0 Å². The molecule has 1 aliphatic heterocycles. The zero-order valence-corrected chi connectivity index (χ0v) is 22.5. The quantitative estimate of drug-likeness (QED) is 0.293. The van der Waals surface area contributed by atoms with Gasteiger partial charge in [-0.05, 0) is 0 Å². The molecule has 0 aliphatic carbocycles. The summed E-state index contributed by atoms with van der Waals surface area (Å²) in [5, 5.41) is 0. The van der Waals surface area contributed by atoms with E-state index in [1.807, 2.05) is 0 Å². The van der Waals surface area contributed by atoms with E-state index in [-0.39, 0.29) is 0 Å². The maximum absolute atomic E-state index is 2.92. The monoisotopic (exact) mass is 400 g/mol. The van der Waals surface area contributed by atoms with Crippen molar-refractivity contribution in [2.24, 2.45) is 0 Å². The van der Waals surface area contributed by atoms with E-state index in [0.717, 1.165) is 0 Å². The second-order valence-corrected chi connectivity index (χ2v) is 55.1. The standard InChI is InChI=1S/C20H48Si4/c1-9-13-17-23(18-14-10-2)21(5,6)22(7,8)24(23,19-15-11-3)20-16-12-4/h9-20H2,1-8H3. The Morgan fingerprint density at radius 1 is 0.417 bits per heavy atom. The molecule has 0 unspecified atom stereocenters. The fraction of sp³-hybridized carbons (Fsp3) is 1.00. The molecule has 0 aromatic heterocycles. The molecule has 1 heterocycles. The first-order valence-corrected chi connectivity index (χ1v) is 26.1. The average Bonchev–Trinajstić information content (AvgIpc) is 2.55. The Morgan fingerprint density at radius 3 is 0.792 bits per heavy atom. The predicted molar refractivity (Wildman–Crippen MR) is 125 cm³/mol. The van der Waals surface area contributed by atoms with Crippen molar-refractivity contribution in [2.45, 2.75) is 129 Å². The van der Waals surface area contributed by atoms with E-state index in [0.29, 0.717) is 0 Å². The van der Waals surface area contributed by atoms with Gasteiger partial charge in [0.2, 0.25) is 0 Å². The Labute approximate surface area is 157 Å². The van der Waals surface area contributed by atoms with E-state index in [2.05, 4.69) is 53.9 Å². The molecule has 1 fully saturated rings. The molecule has 0 spiro atoms. The van der Waals surface area contributed by atoms with Gasteiger partial charge in [-0.1, -0.05) is 129 Å².